The summed E-state index contributed by atoms with van der Waals surface area (Å²) < 4.78 is 23.1. The van der Waals surface area contributed by atoms with E-state index < -0.39 is 5.91 Å². The molecule has 0 aliphatic heterocycles. The van der Waals surface area contributed by atoms with Crippen LogP contribution in [0.4, 0.5) is 10.1 Å². The van der Waals surface area contributed by atoms with E-state index in [-0.39, 0.29) is 11.5 Å². The van der Waals surface area contributed by atoms with Gasteiger partial charge in [0.1, 0.15) is 5.82 Å². The Hall–Kier alpha value is -3.55. The Labute approximate surface area is 140 Å². The molecule has 25 heavy (non-hydrogen) atoms. The third-order valence-electron chi connectivity index (χ3n) is 3.64. The highest BCUT2D eigenvalue weighted by Crippen LogP contribution is 2.22. The number of nitrogens with one attached hydrogen (secondary N) is 1. The Balaban J connectivity index is 1.56. The number of hydrogen-bond acceptors (Lipinski definition) is 6. The van der Waals surface area contributed by atoms with Gasteiger partial charge in [-0.25, -0.2) is 9.37 Å². The maximum absolute atomic E-state index is 13.0. The lowest BCUT2D eigenvalue weighted by Gasteiger charge is -2.01. The maximum atomic E-state index is 13.0. The first kappa shape index (κ1) is 15.0. The number of carbonyl (C=O) groups excluding carboxylic acids is 1. The van der Waals surface area contributed by atoms with Crippen molar-refractivity contribution in [1.82, 2.24) is 15.3 Å². The zero-order valence-electron chi connectivity index (χ0n) is 13.0. The van der Waals surface area contributed by atoms with Crippen LogP contribution < -0.4 is 5.32 Å². The molecule has 0 saturated carbocycles. The molecule has 0 saturated heterocycles. The fraction of sp³-hybridized carbons (Fsp3) is 0.0588. The van der Waals surface area contributed by atoms with Crippen LogP contribution in [0.5, 0.6) is 0 Å². The molecule has 0 fully saturated rings. The van der Waals surface area contributed by atoms with Crippen molar-refractivity contribution in [2.75, 3.05) is 5.32 Å². The number of halogens is 1. The fourth-order valence-electron chi connectivity index (χ4n) is 2.34. The van der Waals surface area contributed by atoms with Crippen molar-refractivity contribution in [3.05, 3.63) is 59.8 Å². The molecule has 0 aliphatic carbocycles. The summed E-state index contributed by atoms with van der Waals surface area (Å²) in [6, 6.07) is 8.90. The van der Waals surface area contributed by atoms with Crippen LogP contribution in [0.3, 0.4) is 0 Å². The molecular weight excluding hydrogens is 327 g/mol. The second-order valence-electron chi connectivity index (χ2n) is 5.38. The van der Waals surface area contributed by atoms with E-state index in [1.54, 1.807) is 25.1 Å². The lowest BCUT2D eigenvalue weighted by Crippen LogP contribution is -2.12. The Morgan fingerprint density at radius 2 is 1.92 bits per heavy atom. The average molecular weight is 338 g/mol. The molecule has 3 heterocycles. The van der Waals surface area contributed by atoms with Crippen molar-refractivity contribution in [3.8, 4) is 11.3 Å². The molecule has 0 bridgehead atoms. The van der Waals surface area contributed by atoms with Crippen LogP contribution in [0.15, 0.2) is 51.6 Å². The van der Waals surface area contributed by atoms with Gasteiger partial charge in [-0.05, 0) is 37.3 Å². The van der Waals surface area contributed by atoms with Gasteiger partial charge in [-0.3, -0.25) is 4.79 Å². The fourth-order valence-corrected chi connectivity index (χ4v) is 2.34. The Bertz CT molecular complexity index is 1070. The van der Waals surface area contributed by atoms with Crippen molar-refractivity contribution < 1.29 is 18.2 Å². The van der Waals surface area contributed by atoms with Crippen molar-refractivity contribution >= 4 is 22.7 Å². The molecule has 4 aromatic rings. The smallest absolute Gasteiger partial charge is 0.277 e. The number of pyridine rings is 1. The van der Waals surface area contributed by atoms with Crippen molar-refractivity contribution in [2.45, 2.75) is 6.92 Å². The van der Waals surface area contributed by atoms with Gasteiger partial charge >= 0.3 is 0 Å². The Morgan fingerprint density at radius 3 is 2.72 bits per heavy atom. The minimum absolute atomic E-state index is 0.0986. The van der Waals surface area contributed by atoms with E-state index >= 15 is 0 Å². The van der Waals surface area contributed by atoms with E-state index in [4.69, 9.17) is 9.05 Å². The molecule has 4 rings (SSSR count). The van der Waals surface area contributed by atoms with Crippen LogP contribution in [0, 0.1) is 12.7 Å². The summed E-state index contributed by atoms with van der Waals surface area (Å²) in [6.07, 6.45) is 1.46. The Morgan fingerprint density at radius 1 is 1.12 bits per heavy atom. The van der Waals surface area contributed by atoms with Crippen LogP contribution in [0.1, 0.15) is 16.2 Å². The third-order valence-corrected chi connectivity index (χ3v) is 3.64. The van der Waals surface area contributed by atoms with Crippen LogP contribution >= 0.6 is 0 Å². The SMILES string of the molecule is Cc1noc2ncc(NC(=O)c3cc(-c4ccc(F)cc4)on3)cc12. The molecular formula is C17H11FN4O3. The number of benzene rings is 1. The molecule has 0 spiro atoms. The monoisotopic (exact) mass is 338 g/mol. The van der Waals surface area contributed by atoms with Crippen LogP contribution in [0.2, 0.25) is 0 Å². The number of rotatable bonds is 3. The molecule has 0 unspecified atom stereocenters. The molecule has 1 aromatic carbocycles. The van der Waals surface area contributed by atoms with Crippen LogP contribution in [-0.4, -0.2) is 21.2 Å². The molecule has 0 aliphatic rings. The highest BCUT2D eigenvalue weighted by molar-refractivity contribution is 6.03. The van der Waals surface area contributed by atoms with Crippen molar-refractivity contribution in [3.63, 3.8) is 0 Å². The zero-order valence-corrected chi connectivity index (χ0v) is 13.0. The van der Waals surface area contributed by atoms with Gasteiger partial charge in [0, 0.05) is 11.6 Å². The van der Waals surface area contributed by atoms with E-state index in [2.05, 4.69) is 20.6 Å². The van der Waals surface area contributed by atoms with Gasteiger partial charge in [0.2, 0.25) is 0 Å². The van der Waals surface area contributed by atoms with Gasteiger partial charge in [0.15, 0.2) is 11.5 Å². The van der Waals surface area contributed by atoms with Gasteiger partial charge in [0.25, 0.3) is 11.6 Å². The van der Waals surface area contributed by atoms with E-state index in [1.165, 1.54) is 24.4 Å². The number of hydrogen-bond donors (Lipinski definition) is 1. The second-order valence-corrected chi connectivity index (χ2v) is 5.38. The number of anilines is 1. The van der Waals surface area contributed by atoms with Crippen molar-refractivity contribution in [1.29, 1.82) is 0 Å². The van der Waals surface area contributed by atoms with Crippen LogP contribution in [-0.2, 0) is 0 Å². The normalized spacial score (nSPS) is 11.0. The van der Waals surface area contributed by atoms with Gasteiger partial charge in [-0.2, -0.15) is 0 Å². The van der Waals surface area contributed by atoms with Gasteiger partial charge in [-0.15, -0.1) is 0 Å². The molecule has 0 atom stereocenters. The molecule has 0 radical (unpaired) electrons. The summed E-state index contributed by atoms with van der Waals surface area (Å²) in [5.41, 5.74) is 2.28. The summed E-state index contributed by atoms with van der Waals surface area (Å²) in [4.78, 5) is 16.4. The number of amides is 1. The Kier molecular flexibility index (Phi) is 3.50. The number of fused-ring (bicyclic) bond motifs is 1. The van der Waals surface area contributed by atoms with Crippen molar-refractivity contribution in [2.24, 2.45) is 0 Å². The predicted octanol–water partition coefficient (Wildman–Crippen LogP) is 3.58. The number of aryl methyl sites for hydroxylation is 1. The van der Waals surface area contributed by atoms with E-state index in [0.29, 0.717) is 33.8 Å². The zero-order chi connectivity index (χ0) is 17.4. The van der Waals surface area contributed by atoms with Gasteiger partial charge < -0.3 is 14.4 Å². The summed E-state index contributed by atoms with van der Waals surface area (Å²) >= 11 is 0. The third kappa shape index (κ3) is 2.85. The lowest BCUT2D eigenvalue weighted by molar-refractivity contribution is 0.101. The first-order valence-corrected chi connectivity index (χ1v) is 7.36. The molecule has 8 heteroatoms. The molecule has 7 nitrogen and oxygen atoms in total. The first-order chi connectivity index (χ1) is 12.1. The highest BCUT2D eigenvalue weighted by Gasteiger charge is 2.15. The number of nitrogens with zero attached hydrogens (tertiary/aromatic N) is 3. The number of aromatic nitrogens is 3. The van der Waals surface area contributed by atoms with E-state index in [9.17, 15) is 9.18 Å². The van der Waals surface area contributed by atoms with E-state index in [1.807, 2.05) is 0 Å². The predicted molar refractivity (Wildman–Crippen MR) is 86.4 cm³/mol. The summed E-state index contributed by atoms with van der Waals surface area (Å²) in [6.45, 7) is 1.78. The molecule has 1 N–H and O–H groups in total. The molecule has 3 aromatic heterocycles. The maximum Gasteiger partial charge on any atom is 0.277 e. The lowest BCUT2D eigenvalue weighted by atomic mass is 10.1. The first-order valence-electron chi connectivity index (χ1n) is 7.36. The van der Waals surface area contributed by atoms with Gasteiger partial charge in [-0.1, -0.05) is 10.3 Å². The molecule has 1 amide bonds. The summed E-state index contributed by atoms with van der Waals surface area (Å²) in [5, 5.41) is 11.0. The standard InChI is InChI=1S/C17H11FN4O3/c1-9-13-6-12(8-19-17(13)25-21-9)20-16(23)14-7-15(24-22-14)10-2-4-11(18)5-3-10/h2-8H,1H3,(H,20,23). The largest absolute Gasteiger partial charge is 0.355 e. The molecule has 124 valence electrons. The number of carbonyl (C=O) groups is 1. The second kappa shape index (κ2) is 5.82. The topological polar surface area (TPSA) is 94.1 Å². The summed E-state index contributed by atoms with van der Waals surface area (Å²) in [7, 11) is 0. The highest BCUT2D eigenvalue weighted by atomic mass is 19.1. The average Bonchev–Trinajstić information content (AvgIpc) is 3.24. The minimum Gasteiger partial charge on any atom is -0.355 e. The quantitative estimate of drug-likeness (QED) is 0.613. The summed E-state index contributed by atoms with van der Waals surface area (Å²) in [5.74, 6) is -0.436. The minimum atomic E-state index is -0.452. The van der Waals surface area contributed by atoms with E-state index in [0.717, 1.165) is 0 Å². The van der Waals surface area contributed by atoms with Crippen LogP contribution in [0.25, 0.3) is 22.4 Å². The van der Waals surface area contributed by atoms with Gasteiger partial charge in [0.05, 0.1) is 23.0 Å².